The molecule has 0 aliphatic heterocycles. The molecule has 0 atom stereocenters. The van der Waals surface area contributed by atoms with E-state index < -0.39 is 0 Å². The third kappa shape index (κ3) is 20.3. The summed E-state index contributed by atoms with van der Waals surface area (Å²) in [6, 6.07) is 58.0. The zero-order valence-corrected chi connectivity index (χ0v) is 51.5. The Morgan fingerprint density at radius 2 is 0.893 bits per heavy atom. The summed E-state index contributed by atoms with van der Waals surface area (Å²) in [5, 5.41) is 31.0. The molecule has 75 heavy (non-hydrogen) atoms. The molecule has 0 aliphatic rings. The van der Waals surface area contributed by atoms with Gasteiger partial charge in [-0.3, -0.25) is 4.98 Å². The Morgan fingerprint density at radius 3 is 1.33 bits per heavy atom. The minimum absolute atomic E-state index is 0. The number of hydrogen-bond donors (Lipinski definition) is 4. The van der Waals surface area contributed by atoms with Crippen LogP contribution in [0.2, 0.25) is 0 Å². The number of rotatable bonds is 8. The Balaban J connectivity index is 0.000000471. The number of imidazole rings is 2. The molecule has 0 saturated heterocycles. The van der Waals surface area contributed by atoms with E-state index in [2.05, 4.69) is 162 Å². The summed E-state index contributed by atoms with van der Waals surface area (Å²) < 4.78 is 15.8. The fourth-order valence-electron chi connectivity index (χ4n) is 7.14. The second-order valence-corrected chi connectivity index (χ2v) is 18.5. The van der Waals surface area contributed by atoms with E-state index in [1.54, 1.807) is 6.92 Å². The normalized spacial score (nSPS) is 9.92. The van der Waals surface area contributed by atoms with Gasteiger partial charge < -0.3 is 29.6 Å². The Labute approximate surface area is 481 Å². The summed E-state index contributed by atoms with van der Waals surface area (Å²) in [6.45, 7) is 19.5. The SMILES string of the molecule is CC(C)c1cc[c-]c(-c2nccn2C(C)C)c1.CC(C)c1cccc(-c2nccn2C(C)C)c1.CCO.CO.CO.CO.[Ir].[Ir].[c-]1ccccc1-c1nsc2ccccc12.[c-]1ccccc1-c1nsc2ccccc12. The van der Waals surface area contributed by atoms with Crippen molar-refractivity contribution in [2.24, 2.45) is 0 Å². The fraction of sp³-hybridized carbons (Fsp3) is 0.279. The van der Waals surface area contributed by atoms with Crippen molar-refractivity contribution in [3.8, 4) is 45.3 Å². The van der Waals surface area contributed by atoms with Crippen LogP contribution in [-0.2, 0) is 40.2 Å². The van der Waals surface area contributed by atoms with E-state index in [1.807, 2.05) is 104 Å². The van der Waals surface area contributed by atoms with E-state index >= 15 is 0 Å². The number of hydrogen-bond acceptors (Lipinski definition) is 10. The first-order valence-corrected chi connectivity index (χ1v) is 25.8. The zero-order chi connectivity index (χ0) is 53.7. The van der Waals surface area contributed by atoms with Gasteiger partial charge in [0.25, 0.3) is 0 Å². The average molecular weight is 1400 g/mol. The van der Waals surface area contributed by atoms with Crippen LogP contribution in [0.15, 0.2) is 164 Å². The summed E-state index contributed by atoms with van der Waals surface area (Å²) in [5.74, 6) is 3.15. The number of benzene rings is 6. The van der Waals surface area contributed by atoms with E-state index in [-0.39, 0.29) is 46.8 Å². The van der Waals surface area contributed by atoms with Crippen molar-refractivity contribution < 1.29 is 60.6 Å². The smallest absolute Gasteiger partial charge is 0.140 e. The zero-order valence-electron chi connectivity index (χ0n) is 45.1. The van der Waals surface area contributed by atoms with Crippen LogP contribution in [0.1, 0.15) is 97.4 Å². The van der Waals surface area contributed by atoms with Crippen molar-refractivity contribution >= 4 is 43.2 Å². The molecule has 0 fully saturated rings. The van der Waals surface area contributed by atoms with Crippen LogP contribution >= 0.6 is 23.1 Å². The molecule has 14 heteroatoms. The fourth-order valence-corrected chi connectivity index (χ4v) is 8.72. The molecule has 4 N–H and O–H groups in total. The summed E-state index contributed by atoms with van der Waals surface area (Å²) in [5.41, 5.74) is 9.18. The second kappa shape index (κ2) is 37.4. The average Bonchev–Trinajstić information content (AvgIpc) is 4.29. The first kappa shape index (κ1) is 67.7. The summed E-state index contributed by atoms with van der Waals surface area (Å²) in [6.07, 6.45) is 7.79. The monoisotopic (exact) mass is 1400 g/mol. The topological polar surface area (TPSA) is 142 Å². The van der Waals surface area contributed by atoms with Crippen LogP contribution in [0.3, 0.4) is 0 Å². The number of aromatic nitrogens is 6. The van der Waals surface area contributed by atoms with E-state index in [9.17, 15) is 0 Å². The maximum atomic E-state index is 7.57. The number of aliphatic hydroxyl groups is 4. The van der Waals surface area contributed by atoms with Gasteiger partial charge in [-0.2, -0.15) is 0 Å². The molecular weight excluding hydrogens is 1330 g/mol. The van der Waals surface area contributed by atoms with E-state index in [0.717, 1.165) is 61.1 Å². The Morgan fingerprint density at radius 1 is 0.480 bits per heavy atom. The van der Waals surface area contributed by atoms with Crippen LogP contribution in [0.5, 0.6) is 0 Å². The molecule has 6 aromatic carbocycles. The van der Waals surface area contributed by atoms with Gasteiger partial charge in [0, 0.05) is 131 Å². The molecule has 0 aliphatic carbocycles. The van der Waals surface area contributed by atoms with Crippen molar-refractivity contribution in [1.82, 2.24) is 27.8 Å². The van der Waals surface area contributed by atoms with Crippen LogP contribution < -0.4 is 0 Å². The van der Waals surface area contributed by atoms with Gasteiger partial charge in [-0.15, -0.1) is 107 Å². The predicted octanol–water partition coefficient (Wildman–Crippen LogP) is 14.7. The molecule has 0 saturated carbocycles. The Kier molecular flexibility index (Phi) is 33.8. The first-order valence-electron chi connectivity index (χ1n) is 24.3. The molecule has 4 heterocycles. The van der Waals surface area contributed by atoms with Crippen molar-refractivity contribution in [3.05, 3.63) is 194 Å². The van der Waals surface area contributed by atoms with E-state index in [0.29, 0.717) is 23.9 Å². The van der Waals surface area contributed by atoms with Gasteiger partial charge >= 0.3 is 0 Å². The molecule has 404 valence electrons. The third-order valence-electron chi connectivity index (χ3n) is 10.7. The predicted molar refractivity (Wildman–Crippen MR) is 308 cm³/mol. The minimum atomic E-state index is 0. The van der Waals surface area contributed by atoms with Gasteiger partial charge in [-0.1, -0.05) is 82.3 Å². The van der Waals surface area contributed by atoms with E-state index in [4.69, 9.17) is 20.4 Å². The summed E-state index contributed by atoms with van der Waals surface area (Å²) >= 11 is 3.08. The molecule has 0 unspecified atom stereocenters. The van der Waals surface area contributed by atoms with Crippen molar-refractivity contribution in [2.45, 2.75) is 86.2 Å². The molecule has 10 aromatic rings. The second-order valence-electron chi connectivity index (χ2n) is 16.9. The molecular formula is C61H73Ir2N6O4S2-3. The van der Waals surface area contributed by atoms with Crippen molar-refractivity contribution in [2.75, 3.05) is 27.9 Å². The molecule has 2 radical (unpaired) electrons. The maximum Gasteiger partial charge on any atom is 0.140 e. The van der Waals surface area contributed by atoms with E-state index in [1.165, 1.54) is 59.9 Å². The van der Waals surface area contributed by atoms with Gasteiger partial charge in [0.05, 0.1) is 5.82 Å². The molecule has 0 bridgehead atoms. The summed E-state index contributed by atoms with van der Waals surface area (Å²) in [4.78, 5) is 8.91. The van der Waals surface area contributed by atoms with Crippen molar-refractivity contribution in [1.29, 1.82) is 0 Å². The standard InChI is InChI=1S/C15H20N2.C15H19N2.2C13H8NS.C2H6O.3CH4O.2Ir/c2*1-11(2)13-6-5-7-14(10-13)15-16-8-9-17(15)12(3)4;2*1-2-6-10(7-3-1)13-11-8-4-5-9-12(11)15-14-13;1-2-3;3*1-2;;/h5-12H,1-4H3;5-6,8-12H,1-4H3;2*1-6,8-9H;3H,2H2,1H3;3*2H,1H3;;/q;3*-1;;;;;;. The van der Waals surface area contributed by atoms with Crippen LogP contribution in [0.25, 0.3) is 65.5 Å². The number of aliphatic hydroxyl groups excluding tert-OH is 4. The minimum Gasteiger partial charge on any atom is -0.400 e. The number of fused-ring (bicyclic) bond motifs is 2. The Bertz CT molecular complexity index is 2820. The van der Waals surface area contributed by atoms with Crippen molar-refractivity contribution in [3.63, 3.8) is 0 Å². The third-order valence-corrected chi connectivity index (χ3v) is 12.3. The van der Waals surface area contributed by atoms with Gasteiger partial charge in [-0.25, -0.2) is 13.7 Å². The first-order chi connectivity index (χ1) is 35.5. The van der Waals surface area contributed by atoms with Crippen LogP contribution in [0, 0.1) is 18.2 Å². The van der Waals surface area contributed by atoms with Gasteiger partial charge in [-0.05, 0) is 104 Å². The molecule has 0 spiro atoms. The van der Waals surface area contributed by atoms with Gasteiger partial charge in [0.15, 0.2) is 0 Å². The number of nitrogens with zero attached hydrogens (tertiary/aromatic N) is 6. The van der Waals surface area contributed by atoms with Gasteiger partial charge in [0.1, 0.15) is 5.82 Å². The maximum absolute atomic E-state index is 7.57. The molecule has 10 nitrogen and oxygen atoms in total. The van der Waals surface area contributed by atoms with Crippen LogP contribution in [-0.4, -0.2) is 76.2 Å². The van der Waals surface area contributed by atoms with Gasteiger partial charge in [0.2, 0.25) is 0 Å². The molecule has 0 amide bonds. The summed E-state index contributed by atoms with van der Waals surface area (Å²) in [7, 11) is 3.00. The van der Waals surface area contributed by atoms with Crippen LogP contribution in [0.4, 0.5) is 0 Å². The molecule has 10 rings (SSSR count). The Hall–Kier alpha value is -5.34. The quantitative estimate of drug-likeness (QED) is 0.110. The molecule has 4 aromatic heterocycles. The largest absolute Gasteiger partial charge is 0.400 e.